The summed E-state index contributed by atoms with van der Waals surface area (Å²) in [6, 6.07) is 3.89. The largest absolute Gasteiger partial charge is 0.550 e. The molecule has 3 rings (SSSR count). The lowest BCUT2D eigenvalue weighted by molar-refractivity contribution is -0.313. The van der Waals surface area contributed by atoms with Gasteiger partial charge in [-0.15, -0.1) is 0 Å². The molecule has 2 aliphatic heterocycles. The van der Waals surface area contributed by atoms with Gasteiger partial charge in [-0.2, -0.15) is 0 Å². The normalized spacial score (nSPS) is 25.1. The highest BCUT2D eigenvalue weighted by atomic mass is 16.5. The van der Waals surface area contributed by atoms with Crippen LogP contribution in [-0.4, -0.2) is 50.2 Å². The Morgan fingerprint density at radius 2 is 1.44 bits per heavy atom. The second-order valence-electron chi connectivity index (χ2n) is 6.09. The predicted molar refractivity (Wildman–Crippen MR) is 87.5 cm³/mol. The third-order valence-corrected chi connectivity index (χ3v) is 4.52. The summed E-state index contributed by atoms with van der Waals surface area (Å²) in [4.78, 5) is 47.7. The Kier molecular flexibility index (Phi) is 4.95. The lowest BCUT2D eigenvalue weighted by Crippen LogP contribution is -2.45. The van der Waals surface area contributed by atoms with Crippen molar-refractivity contribution in [3.8, 4) is 0 Å². The first-order valence-corrected chi connectivity index (χ1v) is 8.03. The fourth-order valence-corrected chi connectivity index (χ4v) is 3.30. The third kappa shape index (κ3) is 3.41. The second kappa shape index (κ2) is 7.20. The molecule has 2 bridgehead atoms. The number of nitrogens with one attached hydrogen (secondary N) is 1. The van der Waals surface area contributed by atoms with Gasteiger partial charge in [-0.3, -0.25) is 4.79 Å². The molecule has 0 radical (unpaired) electrons. The first-order valence-electron chi connectivity index (χ1n) is 8.03. The number of ether oxygens (including phenoxy) is 3. The molecular weight excluding hydrogens is 358 g/mol. The molecule has 1 N–H and O–H groups in total. The number of rotatable bonds is 5. The summed E-state index contributed by atoms with van der Waals surface area (Å²) in [5, 5.41) is 13.9. The van der Waals surface area contributed by atoms with Crippen molar-refractivity contribution in [3.05, 3.63) is 41.5 Å². The third-order valence-electron chi connectivity index (χ3n) is 4.52. The van der Waals surface area contributed by atoms with Crippen LogP contribution in [0.5, 0.6) is 0 Å². The number of amides is 1. The number of aliphatic carboxylic acids is 1. The topological polar surface area (TPSA) is 131 Å². The molecule has 2 heterocycles. The number of carboxylic acid groups (broad SMARTS) is 1. The maximum Gasteiger partial charge on any atom is 0.337 e. The molecule has 1 fully saturated rings. The van der Waals surface area contributed by atoms with Gasteiger partial charge in [0.25, 0.3) is 0 Å². The summed E-state index contributed by atoms with van der Waals surface area (Å²) in [7, 11) is 2.35. The smallest absolute Gasteiger partial charge is 0.337 e. The Balaban J connectivity index is 1.89. The molecule has 27 heavy (non-hydrogen) atoms. The average Bonchev–Trinajstić information content (AvgIpc) is 3.27. The minimum absolute atomic E-state index is 0.0243. The van der Waals surface area contributed by atoms with E-state index in [2.05, 4.69) is 14.8 Å². The fraction of sp³-hybridized carbons (Fsp3) is 0.333. The highest BCUT2D eigenvalue weighted by molar-refractivity contribution is 6.01. The average molecular weight is 374 g/mol. The first kappa shape index (κ1) is 18.6. The van der Waals surface area contributed by atoms with Crippen LogP contribution in [0.4, 0.5) is 5.69 Å². The molecule has 9 nitrogen and oxygen atoms in total. The lowest BCUT2D eigenvalue weighted by Gasteiger charge is -2.25. The fourth-order valence-electron chi connectivity index (χ4n) is 3.30. The van der Waals surface area contributed by atoms with Gasteiger partial charge in [-0.25, -0.2) is 9.59 Å². The van der Waals surface area contributed by atoms with Crippen LogP contribution in [-0.2, 0) is 23.8 Å². The van der Waals surface area contributed by atoms with Gasteiger partial charge < -0.3 is 29.4 Å². The summed E-state index contributed by atoms with van der Waals surface area (Å²) in [6.07, 6.45) is 1.81. The van der Waals surface area contributed by atoms with Gasteiger partial charge in [0.05, 0.1) is 43.5 Å². The molecule has 0 aliphatic carbocycles. The van der Waals surface area contributed by atoms with Crippen molar-refractivity contribution in [1.82, 2.24) is 0 Å². The Labute approximate surface area is 153 Å². The summed E-state index contributed by atoms with van der Waals surface area (Å²) < 4.78 is 14.7. The van der Waals surface area contributed by atoms with Gasteiger partial charge in [0.2, 0.25) is 5.91 Å². The van der Waals surface area contributed by atoms with E-state index in [1.165, 1.54) is 32.4 Å². The number of fused-ring (bicyclic) bond motifs is 2. The van der Waals surface area contributed by atoms with Crippen LogP contribution < -0.4 is 10.4 Å². The van der Waals surface area contributed by atoms with Gasteiger partial charge in [0.15, 0.2) is 0 Å². The summed E-state index contributed by atoms with van der Waals surface area (Å²) in [6.45, 7) is 0. The Bertz CT molecular complexity index is 812. The van der Waals surface area contributed by atoms with Crippen molar-refractivity contribution in [2.75, 3.05) is 19.5 Å². The van der Waals surface area contributed by atoms with Crippen molar-refractivity contribution >= 4 is 29.5 Å². The standard InChI is InChI=1S/C18H17NO8/c1-25-17(23)8-5-9(18(24)26-2)7-10(6-8)19-15(20)13-11-3-4-12(27-11)14(13)16(21)22/h3-7,11-14H,1-2H3,(H,19,20)(H,21,22)/p-1/t11-,12+,13-,14+/m1/s1. The molecule has 142 valence electrons. The van der Waals surface area contributed by atoms with Gasteiger partial charge in [-0.05, 0) is 18.2 Å². The van der Waals surface area contributed by atoms with Gasteiger partial charge in [0, 0.05) is 17.6 Å². The number of carbonyl (C=O) groups excluding carboxylic acids is 4. The minimum Gasteiger partial charge on any atom is -0.550 e. The van der Waals surface area contributed by atoms with E-state index in [1.54, 1.807) is 12.2 Å². The predicted octanol–water partition coefficient (Wildman–Crippen LogP) is -0.482. The van der Waals surface area contributed by atoms with Crippen LogP contribution in [0.25, 0.3) is 0 Å². The van der Waals surface area contributed by atoms with Gasteiger partial charge >= 0.3 is 11.9 Å². The maximum atomic E-state index is 12.7. The van der Waals surface area contributed by atoms with E-state index >= 15 is 0 Å². The first-order chi connectivity index (χ1) is 12.8. The zero-order valence-electron chi connectivity index (χ0n) is 14.5. The van der Waals surface area contributed by atoms with Crippen LogP contribution in [0.3, 0.4) is 0 Å². The molecule has 0 aromatic heterocycles. The van der Waals surface area contributed by atoms with Gasteiger partial charge in [0.1, 0.15) is 0 Å². The zero-order valence-corrected chi connectivity index (χ0v) is 14.5. The van der Waals surface area contributed by atoms with Crippen LogP contribution in [0.2, 0.25) is 0 Å². The summed E-state index contributed by atoms with van der Waals surface area (Å²) in [5.74, 6) is -5.55. The molecule has 1 saturated heterocycles. The SMILES string of the molecule is COC(=O)c1cc(NC(=O)[C@H]2[C@@H](C(=O)[O-])[C@@H]3C=C[C@H]2O3)cc(C(=O)OC)c1. The number of anilines is 1. The van der Waals surface area contributed by atoms with E-state index in [0.29, 0.717) is 0 Å². The van der Waals surface area contributed by atoms with Crippen LogP contribution in [0.15, 0.2) is 30.4 Å². The number of benzene rings is 1. The Hall–Kier alpha value is -3.20. The molecule has 0 saturated carbocycles. The van der Waals surface area contributed by atoms with Crippen molar-refractivity contribution in [3.63, 3.8) is 0 Å². The molecule has 9 heteroatoms. The molecule has 2 aliphatic rings. The van der Waals surface area contributed by atoms with E-state index in [0.717, 1.165) is 0 Å². The molecule has 1 aromatic carbocycles. The minimum atomic E-state index is -1.38. The van der Waals surface area contributed by atoms with Crippen molar-refractivity contribution in [2.45, 2.75) is 12.2 Å². The molecule has 4 atom stereocenters. The number of esters is 2. The lowest BCUT2D eigenvalue weighted by atomic mass is 9.82. The number of carboxylic acids is 1. The van der Waals surface area contributed by atoms with E-state index in [9.17, 15) is 24.3 Å². The molecule has 0 unspecified atom stereocenters. The van der Waals surface area contributed by atoms with Crippen LogP contribution in [0.1, 0.15) is 20.7 Å². The Morgan fingerprint density at radius 3 is 1.93 bits per heavy atom. The number of carbonyl (C=O) groups is 4. The van der Waals surface area contributed by atoms with E-state index in [-0.39, 0.29) is 16.8 Å². The van der Waals surface area contributed by atoms with Crippen LogP contribution >= 0.6 is 0 Å². The number of methoxy groups -OCH3 is 2. The monoisotopic (exact) mass is 374 g/mol. The van der Waals surface area contributed by atoms with E-state index < -0.39 is 47.9 Å². The highest BCUT2D eigenvalue weighted by Gasteiger charge is 2.50. The molecule has 1 aromatic rings. The Morgan fingerprint density at radius 1 is 0.926 bits per heavy atom. The number of hydrogen-bond donors (Lipinski definition) is 1. The molecule has 0 spiro atoms. The van der Waals surface area contributed by atoms with Crippen LogP contribution in [0, 0.1) is 11.8 Å². The zero-order chi connectivity index (χ0) is 19.7. The van der Waals surface area contributed by atoms with E-state index in [4.69, 9.17) is 4.74 Å². The molecular formula is C18H16NO8-. The van der Waals surface area contributed by atoms with Gasteiger partial charge in [-0.1, -0.05) is 12.2 Å². The molecule has 1 amide bonds. The second-order valence-corrected chi connectivity index (χ2v) is 6.09. The van der Waals surface area contributed by atoms with E-state index in [1.807, 2.05) is 0 Å². The number of hydrogen-bond acceptors (Lipinski definition) is 8. The van der Waals surface area contributed by atoms with Crippen molar-refractivity contribution < 1.29 is 38.5 Å². The highest BCUT2D eigenvalue weighted by Crippen LogP contribution is 2.39. The van der Waals surface area contributed by atoms with Crippen molar-refractivity contribution in [1.29, 1.82) is 0 Å². The summed E-state index contributed by atoms with van der Waals surface area (Å²) >= 11 is 0. The quantitative estimate of drug-likeness (QED) is 0.540. The maximum absolute atomic E-state index is 12.7. The van der Waals surface area contributed by atoms with Crippen molar-refractivity contribution in [2.24, 2.45) is 11.8 Å². The summed E-state index contributed by atoms with van der Waals surface area (Å²) in [5.41, 5.74) is 0.166.